The second kappa shape index (κ2) is 9.46. The Labute approximate surface area is 179 Å². The molecule has 0 saturated carbocycles. The number of esters is 1. The van der Waals surface area contributed by atoms with Crippen molar-refractivity contribution in [2.75, 3.05) is 6.61 Å². The number of aromatic nitrogens is 1. The van der Waals surface area contributed by atoms with Gasteiger partial charge in [-0.2, -0.15) is 0 Å². The van der Waals surface area contributed by atoms with Gasteiger partial charge in [-0.15, -0.1) is 11.3 Å². The molecule has 0 radical (unpaired) electrons. The van der Waals surface area contributed by atoms with Crippen LogP contribution in [0.25, 0.3) is 21.3 Å². The SMILES string of the molecule is O=C(CCCc1nc2ccccc2s1)OCC(=O)c1ccc(-c2ccccc2)cc1. The number of nitrogens with zero attached hydrogens (tertiary/aromatic N) is 1. The lowest BCUT2D eigenvalue weighted by molar-refractivity contribution is -0.142. The van der Waals surface area contributed by atoms with E-state index in [2.05, 4.69) is 4.98 Å². The molecule has 4 rings (SSSR count). The van der Waals surface area contributed by atoms with Crippen LogP contribution in [0.1, 0.15) is 28.2 Å². The summed E-state index contributed by atoms with van der Waals surface area (Å²) in [7, 11) is 0. The third-order valence-electron chi connectivity index (χ3n) is 4.79. The number of aryl methyl sites for hydroxylation is 1. The lowest BCUT2D eigenvalue weighted by atomic mass is 10.0. The Morgan fingerprint density at radius 3 is 2.30 bits per heavy atom. The average Bonchev–Trinajstić information content (AvgIpc) is 3.21. The van der Waals surface area contributed by atoms with Crippen molar-refractivity contribution in [3.8, 4) is 11.1 Å². The van der Waals surface area contributed by atoms with Crippen LogP contribution < -0.4 is 0 Å². The molecule has 0 aliphatic carbocycles. The predicted molar refractivity (Wildman–Crippen MR) is 120 cm³/mol. The maximum Gasteiger partial charge on any atom is 0.306 e. The van der Waals surface area contributed by atoms with Gasteiger partial charge in [0.2, 0.25) is 0 Å². The maximum atomic E-state index is 12.3. The first-order valence-electron chi connectivity index (χ1n) is 9.88. The molecule has 0 bridgehead atoms. The molecule has 0 fully saturated rings. The van der Waals surface area contributed by atoms with Crippen molar-refractivity contribution < 1.29 is 14.3 Å². The Bertz CT molecular complexity index is 1120. The van der Waals surface area contributed by atoms with Gasteiger partial charge in [-0.05, 0) is 36.1 Å². The maximum absolute atomic E-state index is 12.3. The molecule has 150 valence electrons. The van der Waals surface area contributed by atoms with E-state index >= 15 is 0 Å². The van der Waals surface area contributed by atoms with Crippen molar-refractivity contribution in [3.05, 3.63) is 89.4 Å². The summed E-state index contributed by atoms with van der Waals surface area (Å²) in [5.41, 5.74) is 3.66. The molecular formula is C25H21NO3S. The number of ketones is 1. The van der Waals surface area contributed by atoms with Crippen LogP contribution in [-0.4, -0.2) is 23.3 Å². The van der Waals surface area contributed by atoms with Crippen LogP contribution in [0.3, 0.4) is 0 Å². The fraction of sp³-hybridized carbons (Fsp3) is 0.160. The van der Waals surface area contributed by atoms with Gasteiger partial charge in [0, 0.05) is 12.0 Å². The normalized spacial score (nSPS) is 10.8. The number of carbonyl (C=O) groups excluding carboxylic acids is 2. The molecule has 0 aliphatic heterocycles. The van der Waals surface area contributed by atoms with Gasteiger partial charge < -0.3 is 4.74 Å². The zero-order chi connectivity index (χ0) is 20.8. The molecule has 1 aromatic heterocycles. The summed E-state index contributed by atoms with van der Waals surface area (Å²) in [6, 6.07) is 25.3. The number of para-hydroxylation sites is 1. The van der Waals surface area contributed by atoms with E-state index in [1.54, 1.807) is 23.5 Å². The minimum absolute atomic E-state index is 0.200. The number of hydrogen-bond acceptors (Lipinski definition) is 5. The van der Waals surface area contributed by atoms with Crippen molar-refractivity contribution in [3.63, 3.8) is 0 Å². The highest BCUT2D eigenvalue weighted by molar-refractivity contribution is 7.18. The van der Waals surface area contributed by atoms with E-state index in [4.69, 9.17) is 4.74 Å². The van der Waals surface area contributed by atoms with E-state index in [1.165, 1.54) is 0 Å². The number of benzene rings is 3. The third kappa shape index (κ3) is 4.99. The van der Waals surface area contributed by atoms with Crippen molar-refractivity contribution in [2.45, 2.75) is 19.3 Å². The molecule has 0 amide bonds. The molecule has 0 saturated heterocycles. The Hall–Kier alpha value is -3.31. The Balaban J connectivity index is 1.23. The summed E-state index contributed by atoms with van der Waals surface area (Å²) in [6.45, 7) is -0.231. The lowest BCUT2D eigenvalue weighted by Gasteiger charge is -2.06. The summed E-state index contributed by atoms with van der Waals surface area (Å²) in [5.74, 6) is -0.556. The molecule has 0 spiro atoms. The number of rotatable bonds is 8. The standard InChI is InChI=1S/C25H21NO3S/c27-22(20-15-13-19(14-16-20)18-7-2-1-3-8-18)17-29-25(28)12-6-11-24-26-21-9-4-5-10-23(21)30-24/h1-5,7-10,13-16H,6,11-12,17H2. The highest BCUT2D eigenvalue weighted by Crippen LogP contribution is 2.23. The van der Waals surface area contributed by atoms with Gasteiger partial charge in [0.15, 0.2) is 12.4 Å². The lowest BCUT2D eigenvalue weighted by Crippen LogP contribution is -2.14. The van der Waals surface area contributed by atoms with Gasteiger partial charge in [0.05, 0.1) is 15.2 Å². The summed E-state index contributed by atoms with van der Waals surface area (Å²) >= 11 is 1.65. The first-order chi connectivity index (χ1) is 14.7. The van der Waals surface area contributed by atoms with Crippen molar-refractivity contribution in [1.29, 1.82) is 0 Å². The quantitative estimate of drug-likeness (QED) is 0.273. The number of carbonyl (C=O) groups is 2. The van der Waals surface area contributed by atoms with Gasteiger partial charge in [0.25, 0.3) is 0 Å². The fourth-order valence-electron chi connectivity index (χ4n) is 3.19. The van der Waals surface area contributed by atoms with E-state index in [1.807, 2.05) is 66.7 Å². The third-order valence-corrected chi connectivity index (χ3v) is 5.88. The van der Waals surface area contributed by atoms with E-state index in [0.29, 0.717) is 12.0 Å². The van der Waals surface area contributed by atoms with Crippen molar-refractivity contribution in [2.24, 2.45) is 0 Å². The summed E-state index contributed by atoms with van der Waals surface area (Å²) < 4.78 is 6.32. The molecule has 4 nitrogen and oxygen atoms in total. The van der Waals surface area contributed by atoms with Crippen LogP contribution in [0, 0.1) is 0 Å². The van der Waals surface area contributed by atoms with E-state index in [0.717, 1.165) is 32.8 Å². The van der Waals surface area contributed by atoms with Gasteiger partial charge in [-0.3, -0.25) is 9.59 Å². The smallest absolute Gasteiger partial charge is 0.306 e. The van der Waals surface area contributed by atoms with Crippen LogP contribution in [0.5, 0.6) is 0 Å². The number of Topliss-reactive ketones (excluding diaryl/α,β-unsaturated/α-hetero) is 1. The number of fused-ring (bicyclic) bond motifs is 1. The predicted octanol–water partition coefficient (Wildman–Crippen LogP) is 5.71. The van der Waals surface area contributed by atoms with Crippen molar-refractivity contribution in [1.82, 2.24) is 4.98 Å². The van der Waals surface area contributed by atoms with Crippen LogP contribution in [0.2, 0.25) is 0 Å². The fourth-order valence-corrected chi connectivity index (χ4v) is 4.20. The van der Waals surface area contributed by atoms with Crippen LogP contribution in [-0.2, 0) is 16.0 Å². The first kappa shape index (κ1) is 20.0. The van der Waals surface area contributed by atoms with Gasteiger partial charge >= 0.3 is 5.97 Å². The van der Waals surface area contributed by atoms with E-state index < -0.39 is 0 Å². The van der Waals surface area contributed by atoms with Crippen LogP contribution in [0.4, 0.5) is 0 Å². The largest absolute Gasteiger partial charge is 0.457 e. The summed E-state index contributed by atoms with van der Waals surface area (Å²) in [4.78, 5) is 28.9. The highest BCUT2D eigenvalue weighted by atomic mass is 32.1. The second-order valence-corrected chi connectivity index (χ2v) is 8.07. The number of hydrogen-bond donors (Lipinski definition) is 0. The monoisotopic (exact) mass is 415 g/mol. The number of thiazole rings is 1. The van der Waals surface area contributed by atoms with Gasteiger partial charge in [-0.25, -0.2) is 4.98 Å². The van der Waals surface area contributed by atoms with E-state index in [-0.39, 0.29) is 24.8 Å². The molecule has 3 aromatic carbocycles. The molecule has 30 heavy (non-hydrogen) atoms. The minimum atomic E-state index is -0.356. The van der Waals surface area contributed by atoms with Crippen LogP contribution in [0.15, 0.2) is 78.9 Å². The highest BCUT2D eigenvalue weighted by Gasteiger charge is 2.11. The summed E-state index contributed by atoms with van der Waals surface area (Å²) in [6.07, 6.45) is 1.65. The zero-order valence-corrected chi connectivity index (χ0v) is 17.2. The molecular weight excluding hydrogens is 394 g/mol. The van der Waals surface area contributed by atoms with Gasteiger partial charge in [0.1, 0.15) is 0 Å². The van der Waals surface area contributed by atoms with Crippen LogP contribution >= 0.6 is 11.3 Å². The molecule has 0 unspecified atom stereocenters. The van der Waals surface area contributed by atoms with E-state index in [9.17, 15) is 9.59 Å². The first-order valence-corrected chi connectivity index (χ1v) is 10.7. The summed E-state index contributed by atoms with van der Waals surface area (Å²) in [5, 5.41) is 1.01. The number of ether oxygens (including phenoxy) is 1. The van der Waals surface area contributed by atoms with Gasteiger partial charge in [-0.1, -0.05) is 66.7 Å². The topological polar surface area (TPSA) is 56.3 Å². The molecule has 0 aliphatic rings. The second-order valence-electron chi connectivity index (χ2n) is 6.96. The Morgan fingerprint density at radius 2 is 1.53 bits per heavy atom. The average molecular weight is 416 g/mol. The minimum Gasteiger partial charge on any atom is -0.457 e. The molecule has 5 heteroatoms. The zero-order valence-electron chi connectivity index (χ0n) is 16.4. The molecule has 1 heterocycles. The molecule has 0 atom stereocenters. The Kier molecular flexibility index (Phi) is 6.30. The van der Waals surface area contributed by atoms with Crippen molar-refractivity contribution >= 4 is 33.3 Å². The Morgan fingerprint density at radius 1 is 0.833 bits per heavy atom. The molecule has 0 N–H and O–H groups in total. The molecule has 4 aromatic rings.